The molecule has 0 unspecified atom stereocenters. The number of benzene rings is 1. The highest BCUT2D eigenvalue weighted by Crippen LogP contribution is 2.23. The van der Waals surface area contributed by atoms with Crippen molar-refractivity contribution >= 4 is 11.7 Å². The average Bonchev–Trinajstić information content (AvgIpc) is 2.27. The molecule has 1 aliphatic rings. The third-order valence-electron chi connectivity index (χ3n) is 2.86. The van der Waals surface area contributed by atoms with Crippen LogP contribution in [0.1, 0.15) is 12.8 Å². The summed E-state index contributed by atoms with van der Waals surface area (Å²) in [6.07, 6.45) is 1.69. The number of hydrogen-bond donors (Lipinski definition) is 3. The van der Waals surface area contributed by atoms with E-state index in [1.165, 1.54) is 0 Å². The summed E-state index contributed by atoms with van der Waals surface area (Å²) in [6, 6.07) is 7.50. The fourth-order valence-corrected chi connectivity index (χ4v) is 1.87. The lowest BCUT2D eigenvalue weighted by Crippen LogP contribution is -2.51. The standard InChI is InChI=1S/C12H17N3O2/c1-17-11-5-3-2-4-10(11)15-12(16)14-9-6-8(13)7-9/h2-5,8-9H,6-7,13H2,1H3,(H2,14,15,16). The molecule has 0 radical (unpaired) electrons. The molecule has 1 aliphatic carbocycles. The van der Waals surface area contributed by atoms with Gasteiger partial charge in [0.25, 0.3) is 0 Å². The number of nitrogens with two attached hydrogens (primary N) is 1. The van der Waals surface area contributed by atoms with Gasteiger partial charge in [0, 0.05) is 12.1 Å². The first-order valence-electron chi connectivity index (χ1n) is 5.65. The fourth-order valence-electron chi connectivity index (χ4n) is 1.87. The van der Waals surface area contributed by atoms with Crippen molar-refractivity contribution < 1.29 is 9.53 Å². The van der Waals surface area contributed by atoms with Gasteiger partial charge >= 0.3 is 6.03 Å². The molecule has 4 N–H and O–H groups in total. The first kappa shape index (κ1) is 11.7. The van der Waals surface area contributed by atoms with E-state index in [2.05, 4.69) is 10.6 Å². The summed E-state index contributed by atoms with van der Waals surface area (Å²) in [5.74, 6) is 0.646. The number of carbonyl (C=O) groups is 1. The van der Waals surface area contributed by atoms with Gasteiger partial charge in [-0.3, -0.25) is 0 Å². The molecule has 0 saturated heterocycles. The smallest absolute Gasteiger partial charge is 0.319 e. The lowest BCUT2D eigenvalue weighted by atomic mass is 9.88. The summed E-state index contributed by atoms with van der Waals surface area (Å²) in [4.78, 5) is 11.7. The molecule has 1 aromatic carbocycles. The zero-order valence-electron chi connectivity index (χ0n) is 9.77. The highest BCUT2D eigenvalue weighted by molar-refractivity contribution is 5.91. The van der Waals surface area contributed by atoms with Gasteiger partial charge in [-0.25, -0.2) is 4.79 Å². The minimum Gasteiger partial charge on any atom is -0.495 e. The molecule has 0 aromatic heterocycles. The van der Waals surface area contributed by atoms with Crippen molar-refractivity contribution in [3.63, 3.8) is 0 Å². The molecular weight excluding hydrogens is 218 g/mol. The van der Waals surface area contributed by atoms with Crippen molar-refractivity contribution in [2.45, 2.75) is 24.9 Å². The second-order valence-corrected chi connectivity index (χ2v) is 4.23. The molecule has 1 saturated carbocycles. The summed E-state index contributed by atoms with van der Waals surface area (Å²) >= 11 is 0. The Balaban J connectivity index is 1.89. The summed E-state index contributed by atoms with van der Waals surface area (Å²) in [7, 11) is 1.57. The lowest BCUT2D eigenvalue weighted by molar-refractivity contribution is 0.234. The van der Waals surface area contributed by atoms with Crippen LogP contribution in [0.4, 0.5) is 10.5 Å². The van der Waals surface area contributed by atoms with Crippen molar-refractivity contribution in [1.82, 2.24) is 5.32 Å². The summed E-state index contributed by atoms with van der Waals surface area (Å²) in [6.45, 7) is 0. The molecule has 0 aliphatic heterocycles. The highest BCUT2D eigenvalue weighted by atomic mass is 16.5. The minimum atomic E-state index is -0.216. The Bertz CT molecular complexity index is 402. The van der Waals surface area contributed by atoms with Crippen LogP contribution < -0.4 is 21.1 Å². The number of rotatable bonds is 3. The van der Waals surface area contributed by atoms with Gasteiger partial charge in [-0.2, -0.15) is 0 Å². The largest absolute Gasteiger partial charge is 0.495 e. The molecule has 0 atom stereocenters. The Kier molecular flexibility index (Phi) is 3.49. The molecular formula is C12H17N3O2. The van der Waals surface area contributed by atoms with Gasteiger partial charge in [-0.15, -0.1) is 0 Å². The van der Waals surface area contributed by atoms with Crippen molar-refractivity contribution in [1.29, 1.82) is 0 Å². The van der Waals surface area contributed by atoms with E-state index < -0.39 is 0 Å². The predicted molar refractivity (Wildman–Crippen MR) is 66.1 cm³/mol. The molecule has 5 nitrogen and oxygen atoms in total. The molecule has 0 bridgehead atoms. The summed E-state index contributed by atoms with van der Waals surface area (Å²) < 4.78 is 5.15. The number of carbonyl (C=O) groups excluding carboxylic acids is 1. The number of hydrogen-bond acceptors (Lipinski definition) is 3. The molecule has 0 spiro atoms. The second kappa shape index (κ2) is 5.05. The van der Waals surface area contributed by atoms with Gasteiger partial charge in [0.05, 0.1) is 12.8 Å². The molecule has 1 aromatic rings. The first-order valence-corrected chi connectivity index (χ1v) is 5.65. The Hall–Kier alpha value is -1.75. The number of para-hydroxylation sites is 2. The van der Waals surface area contributed by atoms with Crippen molar-refractivity contribution in [3.8, 4) is 5.75 Å². The van der Waals surface area contributed by atoms with Crippen LogP contribution in [-0.4, -0.2) is 25.2 Å². The lowest BCUT2D eigenvalue weighted by Gasteiger charge is -2.32. The first-order chi connectivity index (χ1) is 8.19. The van der Waals surface area contributed by atoms with Gasteiger partial charge < -0.3 is 21.1 Å². The predicted octanol–water partition coefficient (Wildman–Crippen LogP) is 1.31. The number of methoxy groups -OCH3 is 1. The second-order valence-electron chi connectivity index (χ2n) is 4.23. The average molecular weight is 235 g/mol. The number of ether oxygens (including phenoxy) is 1. The quantitative estimate of drug-likeness (QED) is 0.739. The van der Waals surface area contributed by atoms with E-state index in [-0.39, 0.29) is 18.1 Å². The molecule has 17 heavy (non-hydrogen) atoms. The molecule has 2 rings (SSSR count). The molecule has 2 amide bonds. The van der Waals surface area contributed by atoms with Crippen LogP contribution in [0.5, 0.6) is 5.75 Å². The van der Waals surface area contributed by atoms with E-state index in [0.717, 1.165) is 12.8 Å². The van der Waals surface area contributed by atoms with Crippen LogP contribution in [0.25, 0.3) is 0 Å². The molecule has 5 heteroatoms. The van der Waals surface area contributed by atoms with Crippen LogP contribution in [0.15, 0.2) is 24.3 Å². The number of amides is 2. The normalized spacial score (nSPS) is 22.5. The molecule has 1 fully saturated rings. The zero-order valence-corrected chi connectivity index (χ0v) is 9.77. The van der Waals surface area contributed by atoms with Gasteiger partial charge in [0.15, 0.2) is 0 Å². The Morgan fingerprint density at radius 1 is 1.41 bits per heavy atom. The molecule has 0 heterocycles. The summed E-state index contributed by atoms with van der Waals surface area (Å²) in [5.41, 5.74) is 6.31. The minimum absolute atomic E-state index is 0.194. The Labute approximate surface area is 100 Å². The van der Waals surface area contributed by atoms with Crippen LogP contribution in [0.2, 0.25) is 0 Å². The maximum Gasteiger partial charge on any atom is 0.319 e. The van der Waals surface area contributed by atoms with E-state index in [4.69, 9.17) is 10.5 Å². The van der Waals surface area contributed by atoms with Crippen LogP contribution >= 0.6 is 0 Å². The Morgan fingerprint density at radius 3 is 2.76 bits per heavy atom. The number of urea groups is 1. The van der Waals surface area contributed by atoms with Gasteiger partial charge in [-0.05, 0) is 25.0 Å². The van der Waals surface area contributed by atoms with Gasteiger partial charge in [0.2, 0.25) is 0 Å². The van der Waals surface area contributed by atoms with E-state index in [1.807, 2.05) is 12.1 Å². The Morgan fingerprint density at radius 2 is 2.12 bits per heavy atom. The van der Waals surface area contributed by atoms with Crippen LogP contribution in [0.3, 0.4) is 0 Å². The third kappa shape index (κ3) is 2.88. The third-order valence-corrected chi connectivity index (χ3v) is 2.86. The zero-order chi connectivity index (χ0) is 12.3. The monoisotopic (exact) mass is 235 g/mol. The fraction of sp³-hybridized carbons (Fsp3) is 0.417. The van der Waals surface area contributed by atoms with E-state index >= 15 is 0 Å². The van der Waals surface area contributed by atoms with Crippen molar-refractivity contribution in [3.05, 3.63) is 24.3 Å². The van der Waals surface area contributed by atoms with Crippen LogP contribution in [-0.2, 0) is 0 Å². The van der Waals surface area contributed by atoms with Crippen LogP contribution in [0, 0.1) is 0 Å². The number of anilines is 1. The maximum absolute atomic E-state index is 11.7. The summed E-state index contributed by atoms with van der Waals surface area (Å²) in [5, 5.41) is 5.62. The number of nitrogens with one attached hydrogen (secondary N) is 2. The SMILES string of the molecule is COc1ccccc1NC(=O)NC1CC(N)C1. The van der Waals surface area contributed by atoms with Crippen molar-refractivity contribution in [2.75, 3.05) is 12.4 Å². The molecule has 92 valence electrons. The topological polar surface area (TPSA) is 76.4 Å². The van der Waals surface area contributed by atoms with E-state index in [0.29, 0.717) is 11.4 Å². The van der Waals surface area contributed by atoms with E-state index in [1.54, 1.807) is 19.2 Å². The maximum atomic E-state index is 11.7. The van der Waals surface area contributed by atoms with Gasteiger partial charge in [0.1, 0.15) is 5.75 Å². The van der Waals surface area contributed by atoms with Gasteiger partial charge in [-0.1, -0.05) is 12.1 Å². The highest BCUT2D eigenvalue weighted by Gasteiger charge is 2.27. The van der Waals surface area contributed by atoms with E-state index in [9.17, 15) is 4.79 Å². The van der Waals surface area contributed by atoms with Crippen molar-refractivity contribution in [2.24, 2.45) is 5.73 Å².